The minimum absolute atomic E-state index is 0.0724. The van der Waals surface area contributed by atoms with Gasteiger partial charge in [-0.1, -0.05) is 30.3 Å². The Morgan fingerprint density at radius 2 is 1.60 bits per heavy atom. The van der Waals surface area contributed by atoms with Crippen molar-refractivity contribution in [3.8, 4) is 0 Å². The third-order valence-electron chi connectivity index (χ3n) is 4.36. The summed E-state index contributed by atoms with van der Waals surface area (Å²) in [6, 6.07) is 14.5. The average Bonchev–Trinajstić information content (AvgIpc) is 2.94. The summed E-state index contributed by atoms with van der Waals surface area (Å²) in [4.78, 5) is 25.5. The van der Waals surface area contributed by atoms with Crippen molar-refractivity contribution in [2.24, 2.45) is 0 Å². The molecule has 0 aliphatic heterocycles. The predicted octanol–water partition coefficient (Wildman–Crippen LogP) is 2.16. The second kappa shape index (κ2) is 5.75. The summed E-state index contributed by atoms with van der Waals surface area (Å²) in [5.41, 5.74) is 2.23. The van der Waals surface area contributed by atoms with Crippen LogP contribution in [0.2, 0.25) is 0 Å². The van der Waals surface area contributed by atoms with Gasteiger partial charge in [0.2, 0.25) is 0 Å². The van der Waals surface area contributed by atoms with Gasteiger partial charge < -0.3 is 9.84 Å². The van der Waals surface area contributed by atoms with Crippen LogP contribution in [0.25, 0.3) is 21.8 Å². The molecule has 4 aromatic rings. The summed E-state index contributed by atoms with van der Waals surface area (Å²) in [6.07, 6.45) is 0. The summed E-state index contributed by atoms with van der Waals surface area (Å²) in [5.74, 6) is -0.518. The van der Waals surface area contributed by atoms with Gasteiger partial charge in [0.15, 0.2) is 0 Å². The van der Waals surface area contributed by atoms with E-state index in [-0.39, 0.29) is 18.8 Å². The highest BCUT2D eigenvalue weighted by molar-refractivity contribution is 6.05. The molecule has 0 radical (unpaired) electrons. The number of fused-ring (bicyclic) bond motifs is 5. The lowest BCUT2D eigenvalue weighted by molar-refractivity contribution is 0.0434. The van der Waals surface area contributed by atoms with Crippen molar-refractivity contribution in [2.45, 2.75) is 6.92 Å². The maximum atomic E-state index is 12.9. The Labute approximate surface area is 142 Å². The first-order valence-electron chi connectivity index (χ1n) is 7.97. The van der Waals surface area contributed by atoms with Crippen LogP contribution in [0.1, 0.15) is 16.1 Å². The molecule has 0 fully saturated rings. The van der Waals surface area contributed by atoms with Gasteiger partial charge in [0.1, 0.15) is 6.61 Å². The third-order valence-corrected chi connectivity index (χ3v) is 4.36. The zero-order valence-electron chi connectivity index (χ0n) is 13.6. The zero-order valence-corrected chi connectivity index (χ0v) is 13.6. The molecule has 0 saturated carbocycles. The first-order chi connectivity index (χ1) is 12.1. The lowest BCUT2D eigenvalue weighted by Crippen LogP contribution is -2.19. The molecule has 6 nitrogen and oxygen atoms in total. The predicted molar refractivity (Wildman–Crippen MR) is 94.2 cm³/mol. The minimum atomic E-state index is -0.518. The first kappa shape index (κ1) is 15.4. The second-order valence-corrected chi connectivity index (χ2v) is 5.78. The molecule has 4 rings (SSSR count). The molecule has 0 aliphatic carbocycles. The Bertz CT molecular complexity index is 1190. The highest BCUT2D eigenvalue weighted by atomic mass is 16.5. The fourth-order valence-electron chi connectivity index (χ4n) is 3.34. The van der Waals surface area contributed by atoms with Gasteiger partial charge in [-0.3, -0.25) is 4.79 Å². The number of para-hydroxylation sites is 2. The van der Waals surface area contributed by atoms with Gasteiger partial charge in [-0.2, -0.15) is 0 Å². The lowest BCUT2D eigenvalue weighted by Gasteiger charge is -2.14. The van der Waals surface area contributed by atoms with Crippen LogP contribution in [0.5, 0.6) is 0 Å². The number of carbonyl (C=O) groups excluding carboxylic acids is 1. The van der Waals surface area contributed by atoms with E-state index < -0.39 is 5.97 Å². The van der Waals surface area contributed by atoms with Crippen molar-refractivity contribution < 1.29 is 14.6 Å². The van der Waals surface area contributed by atoms with E-state index >= 15 is 0 Å². The molecule has 0 unspecified atom stereocenters. The number of aryl methyl sites for hydroxylation is 1. The number of rotatable bonds is 3. The van der Waals surface area contributed by atoms with Gasteiger partial charge >= 0.3 is 5.97 Å². The van der Waals surface area contributed by atoms with Gasteiger partial charge in [0, 0.05) is 5.39 Å². The molecule has 0 amide bonds. The van der Waals surface area contributed by atoms with Crippen molar-refractivity contribution in [1.29, 1.82) is 0 Å². The lowest BCUT2D eigenvalue weighted by atomic mass is 10.1. The van der Waals surface area contributed by atoms with Crippen LogP contribution < -0.4 is 5.56 Å². The van der Waals surface area contributed by atoms with E-state index in [2.05, 4.69) is 0 Å². The molecule has 0 saturated heterocycles. The zero-order chi connectivity index (χ0) is 17.6. The van der Waals surface area contributed by atoms with Gasteiger partial charge in [0.25, 0.3) is 5.56 Å². The fraction of sp³-hybridized carbons (Fsp3) is 0.158. The third kappa shape index (κ3) is 2.15. The van der Waals surface area contributed by atoms with Gasteiger partial charge in [-0.25, -0.2) is 13.8 Å². The molecular weight excluding hydrogens is 320 g/mol. The van der Waals surface area contributed by atoms with Crippen molar-refractivity contribution in [2.75, 3.05) is 13.2 Å². The maximum absolute atomic E-state index is 12.9. The Balaban J connectivity index is 2.22. The number of aliphatic hydroxyl groups is 1. The second-order valence-electron chi connectivity index (χ2n) is 5.78. The van der Waals surface area contributed by atoms with Crippen LogP contribution in [0.4, 0.5) is 0 Å². The molecule has 25 heavy (non-hydrogen) atoms. The van der Waals surface area contributed by atoms with Crippen LogP contribution >= 0.6 is 0 Å². The number of nitrogens with zero attached hydrogens (tertiary/aromatic N) is 2. The first-order valence-corrected chi connectivity index (χ1v) is 7.97. The molecule has 0 spiro atoms. The van der Waals surface area contributed by atoms with E-state index in [4.69, 9.17) is 9.84 Å². The topological polar surface area (TPSA) is 72.4 Å². The van der Waals surface area contributed by atoms with Crippen LogP contribution in [0.15, 0.2) is 53.3 Å². The van der Waals surface area contributed by atoms with Gasteiger partial charge in [-0.05, 0) is 25.1 Å². The number of aliphatic hydroxyl groups excluding tert-OH is 1. The fourth-order valence-corrected chi connectivity index (χ4v) is 3.34. The molecule has 0 aliphatic rings. The van der Waals surface area contributed by atoms with E-state index in [1.807, 2.05) is 30.3 Å². The standard InChI is InChI=1S/C19H16N2O4/c1-12-17(19(24)25-11-10-22)13-6-2-4-8-15(13)21-18(23)14-7-3-5-9-16(14)20(12)21/h2-9,22H,10-11H2,1H3. The number of benzene rings is 2. The SMILES string of the molecule is Cc1c(C(=O)OCCO)c2ccccc2n2c(=O)c3ccccc3n12. The smallest absolute Gasteiger partial charge is 0.340 e. The summed E-state index contributed by atoms with van der Waals surface area (Å²) in [5, 5.41) is 10.2. The van der Waals surface area contributed by atoms with Gasteiger partial charge in [-0.15, -0.1) is 0 Å². The quantitative estimate of drug-likeness (QED) is 0.582. The molecule has 1 N–H and O–H groups in total. The highest BCUT2D eigenvalue weighted by Crippen LogP contribution is 2.25. The number of hydrogen-bond donors (Lipinski definition) is 1. The van der Waals surface area contributed by atoms with Crippen molar-refractivity contribution >= 4 is 27.8 Å². The average molecular weight is 336 g/mol. The van der Waals surface area contributed by atoms with Crippen LogP contribution in [0, 0.1) is 6.92 Å². The number of hydrogen-bond acceptors (Lipinski definition) is 4. The monoisotopic (exact) mass is 336 g/mol. The molecular formula is C19H16N2O4. The largest absolute Gasteiger partial charge is 0.460 e. The number of aromatic nitrogens is 2. The van der Waals surface area contributed by atoms with E-state index in [0.717, 1.165) is 5.52 Å². The van der Waals surface area contributed by atoms with E-state index in [1.54, 1.807) is 34.2 Å². The Kier molecular flexibility index (Phi) is 3.54. The van der Waals surface area contributed by atoms with Crippen molar-refractivity contribution in [3.05, 3.63) is 70.1 Å². The Morgan fingerprint density at radius 3 is 2.28 bits per heavy atom. The molecule has 2 heterocycles. The van der Waals surface area contributed by atoms with Crippen molar-refractivity contribution in [1.82, 2.24) is 9.03 Å². The van der Waals surface area contributed by atoms with Gasteiger partial charge in [0.05, 0.1) is 34.3 Å². The van der Waals surface area contributed by atoms with E-state index in [0.29, 0.717) is 27.5 Å². The Morgan fingerprint density at radius 1 is 1.00 bits per heavy atom. The molecule has 2 aromatic heterocycles. The van der Waals surface area contributed by atoms with Crippen molar-refractivity contribution in [3.63, 3.8) is 0 Å². The molecule has 0 atom stereocenters. The molecule has 2 aromatic carbocycles. The maximum Gasteiger partial charge on any atom is 0.340 e. The Hall–Kier alpha value is -3.12. The summed E-state index contributed by atoms with van der Waals surface area (Å²) in [6.45, 7) is 1.47. The highest BCUT2D eigenvalue weighted by Gasteiger charge is 2.21. The summed E-state index contributed by atoms with van der Waals surface area (Å²) in [7, 11) is 0. The summed E-state index contributed by atoms with van der Waals surface area (Å²) >= 11 is 0. The number of carbonyl (C=O) groups is 1. The van der Waals surface area contributed by atoms with Crippen LogP contribution in [-0.2, 0) is 4.74 Å². The normalized spacial score (nSPS) is 11.4. The van der Waals surface area contributed by atoms with E-state index in [9.17, 15) is 9.59 Å². The molecule has 126 valence electrons. The number of ether oxygens (including phenoxy) is 1. The minimum Gasteiger partial charge on any atom is -0.460 e. The molecule has 6 heteroatoms. The molecule has 0 bridgehead atoms. The van der Waals surface area contributed by atoms with Crippen LogP contribution in [0.3, 0.4) is 0 Å². The summed E-state index contributed by atoms with van der Waals surface area (Å²) < 4.78 is 8.47. The number of esters is 1. The van der Waals surface area contributed by atoms with E-state index in [1.165, 1.54) is 0 Å². The van der Waals surface area contributed by atoms with Crippen LogP contribution in [-0.4, -0.2) is 33.3 Å².